The second-order valence-corrected chi connectivity index (χ2v) is 8.77. The SMILES string of the molecule is N[C@H]1CC[C@H](Nc2ncc3nc(Nc4c(F)cc(F)cc4F)n(C4CCCC4)c3n2)CC1. The number of nitrogens with zero attached hydrogens (tertiary/aromatic N) is 4. The molecule has 7 nitrogen and oxygen atoms in total. The lowest BCUT2D eigenvalue weighted by molar-refractivity contribution is 0.410. The van der Waals surface area contributed by atoms with Crippen molar-refractivity contribution >= 4 is 28.7 Å². The molecule has 5 rings (SSSR count). The molecule has 4 N–H and O–H groups in total. The molecule has 2 aliphatic carbocycles. The summed E-state index contributed by atoms with van der Waals surface area (Å²) in [6, 6.07) is 1.90. The Morgan fingerprint density at radius 3 is 2.31 bits per heavy atom. The monoisotopic (exact) mass is 445 g/mol. The average molecular weight is 445 g/mol. The van der Waals surface area contributed by atoms with Crippen LogP contribution in [0.1, 0.15) is 57.4 Å². The molecule has 0 aliphatic heterocycles. The number of nitrogens with two attached hydrogens (primary N) is 1. The third-order valence-corrected chi connectivity index (χ3v) is 6.47. The highest BCUT2D eigenvalue weighted by molar-refractivity contribution is 5.76. The van der Waals surface area contributed by atoms with Gasteiger partial charge in [0.2, 0.25) is 11.9 Å². The van der Waals surface area contributed by atoms with E-state index in [1.165, 1.54) is 0 Å². The zero-order valence-electron chi connectivity index (χ0n) is 17.6. The van der Waals surface area contributed by atoms with Crippen LogP contribution in [0.4, 0.5) is 30.8 Å². The van der Waals surface area contributed by atoms with Crippen molar-refractivity contribution in [3.8, 4) is 0 Å². The molecule has 170 valence electrons. The van der Waals surface area contributed by atoms with Crippen molar-refractivity contribution in [2.45, 2.75) is 69.5 Å². The van der Waals surface area contributed by atoms with E-state index in [0.29, 0.717) is 29.2 Å². The van der Waals surface area contributed by atoms with Crippen LogP contribution in [0.2, 0.25) is 0 Å². The fourth-order valence-electron chi connectivity index (χ4n) is 4.78. The standard InChI is InChI=1S/C22H26F3N7/c23-12-9-16(24)19(17(25)10-12)30-22-29-18-11-27-21(28-14-7-5-13(26)6-8-14)31-20(18)32(22)15-3-1-2-4-15/h9-11,13-15H,1-8,26H2,(H,29,30)(H,27,28,31)/t13-,14-. The van der Waals surface area contributed by atoms with Crippen molar-refractivity contribution in [1.29, 1.82) is 0 Å². The van der Waals surface area contributed by atoms with Crippen LogP contribution in [0.5, 0.6) is 0 Å². The molecule has 0 spiro atoms. The van der Waals surface area contributed by atoms with Crippen LogP contribution in [-0.2, 0) is 0 Å². The molecule has 2 fully saturated rings. The van der Waals surface area contributed by atoms with E-state index >= 15 is 0 Å². The minimum atomic E-state index is -1.02. The number of rotatable bonds is 5. The third-order valence-electron chi connectivity index (χ3n) is 6.47. The van der Waals surface area contributed by atoms with Gasteiger partial charge < -0.3 is 16.4 Å². The Labute approximate surface area is 183 Å². The molecule has 0 atom stereocenters. The van der Waals surface area contributed by atoms with Crippen LogP contribution in [0.3, 0.4) is 0 Å². The predicted molar refractivity (Wildman–Crippen MR) is 116 cm³/mol. The van der Waals surface area contributed by atoms with Crippen molar-refractivity contribution in [2.75, 3.05) is 10.6 Å². The first kappa shape index (κ1) is 21.0. The summed E-state index contributed by atoms with van der Waals surface area (Å²) < 4.78 is 43.8. The number of hydrogen-bond acceptors (Lipinski definition) is 6. The lowest BCUT2D eigenvalue weighted by Gasteiger charge is -2.26. The van der Waals surface area contributed by atoms with Gasteiger partial charge in [-0.15, -0.1) is 0 Å². The highest BCUT2D eigenvalue weighted by Gasteiger charge is 2.26. The molecule has 32 heavy (non-hydrogen) atoms. The molecule has 0 unspecified atom stereocenters. The van der Waals surface area contributed by atoms with Gasteiger partial charge in [-0.25, -0.2) is 23.1 Å². The summed E-state index contributed by atoms with van der Waals surface area (Å²) in [5.41, 5.74) is 6.69. The topological polar surface area (TPSA) is 93.7 Å². The molecule has 0 amide bonds. The first-order valence-corrected chi connectivity index (χ1v) is 11.2. The molecule has 2 heterocycles. The summed E-state index contributed by atoms with van der Waals surface area (Å²) in [5.74, 6) is -2.23. The van der Waals surface area contributed by atoms with E-state index < -0.39 is 23.1 Å². The molecule has 0 radical (unpaired) electrons. The number of anilines is 3. The molecule has 0 saturated heterocycles. The molecule has 1 aromatic carbocycles. The maximum absolute atomic E-state index is 14.3. The van der Waals surface area contributed by atoms with E-state index in [9.17, 15) is 13.2 Å². The Bertz CT molecular complexity index is 1100. The number of nitrogens with one attached hydrogen (secondary N) is 2. The van der Waals surface area contributed by atoms with Gasteiger partial charge in [0.25, 0.3) is 0 Å². The fraction of sp³-hybridized carbons (Fsp3) is 0.500. The lowest BCUT2D eigenvalue weighted by atomic mass is 9.92. The van der Waals surface area contributed by atoms with E-state index in [2.05, 4.69) is 20.6 Å². The van der Waals surface area contributed by atoms with Gasteiger partial charge in [0.05, 0.1) is 6.20 Å². The summed E-state index contributed by atoms with van der Waals surface area (Å²) in [5, 5.41) is 6.14. The lowest BCUT2D eigenvalue weighted by Crippen LogP contribution is -2.33. The molecule has 10 heteroatoms. The van der Waals surface area contributed by atoms with Gasteiger partial charge >= 0.3 is 0 Å². The molecule has 0 bridgehead atoms. The Morgan fingerprint density at radius 2 is 1.62 bits per heavy atom. The van der Waals surface area contributed by atoms with Crippen molar-refractivity contribution < 1.29 is 13.2 Å². The van der Waals surface area contributed by atoms with E-state index in [0.717, 1.165) is 51.4 Å². The minimum Gasteiger partial charge on any atom is -0.351 e. The molecular weight excluding hydrogens is 419 g/mol. The van der Waals surface area contributed by atoms with Gasteiger partial charge in [0.1, 0.15) is 17.0 Å². The highest BCUT2D eigenvalue weighted by Crippen LogP contribution is 2.36. The highest BCUT2D eigenvalue weighted by atomic mass is 19.1. The van der Waals surface area contributed by atoms with Gasteiger partial charge in [0.15, 0.2) is 17.3 Å². The zero-order valence-corrected chi connectivity index (χ0v) is 17.6. The van der Waals surface area contributed by atoms with E-state index in [1.807, 2.05) is 4.57 Å². The van der Waals surface area contributed by atoms with Crippen molar-refractivity contribution in [2.24, 2.45) is 5.73 Å². The van der Waals surface area contributed by atoms with Gasteiger partial charge in [-0.05, 0) is 38.5 Å². The van der Waals surface area contributed by atoms with Crippen LogP contribution in [0, 0.1) is 17.5 Å². The summed E-state index contributed by atoms with van der Waals surface area (Å²) >= 11 is 0. The van der Waals surface area contributed by atoms with Crippen molar-refractivity contribution in [3.63, 3.8) is 0 Å². The number of fused-ring (bicyclic) bond motifs is 1. The maximum atomic E-state index is 14.3. The Morgan fingerprint density at radius 1 is 0.938 bits per heavy atom. The second kappa shape index (κ2) is 8.57. The summed E-state index contributed by atoms with van der Waals surface area (Å²) in [6.07, 6.45) is 9.41. The maximum Gasteiger partial charge on any atom is 0.224 e. The second-order valence-electron chi connectivity index (χ2n) is 8.77. The van der Waals surface area contributed by atoms with Crippen molar-refractivity contribution in [3.05, 3.63) is 35.8 Å². The summed E-state index contributed by atoms with van der Waals surface area (Å²) in [4.78, 5) is 13.6. The van der Waals surface area contributed by atoms with Crippen LogP contribution in [0.25, 0.3) is 11.2 Å². The molecular formula is C22H26F3N7. The fourth-order valence-corrected chi connectivity index (χ4v) is 4.78. The third kappa shape index (κ3) is 4.11. The molecule has 3 aromatic rings. The van der Waals surface area contributed by atoms with Crippen LogP contribution < -0.4 is 16.4 Å². The number of halogens is 3. The van der Waals surface area contributed by atoms with Crippen LogP contribution >= 0.6 is 0 Å². The number of aromatic nitrogens is 4. The zero-order chi connectivity index (χ0) is 22.2. The van der Waals surface area contributed by atoms with Gasteiger partial charge in [-0.2, -0.15) is 4.98 Å². The van der Waals surface area contributed by atoms with Crippen molar-refractivity contribution in [1.82, 2.24) is 19.5 Å². The minimum absolute atomic E-state index is 0.101. The Hall–Kier alpha value is -2.88. The largest absolute Gasteiger partial charge is 0.351 e. The first-order valence-electron chi connectivity index (χ1n) is 11.2. The molecule has 2 aliphatic rings. The normalized spacial score (nSPS) is 21.9. The predicted octanol–water partition coefficient (Wildman–Crippen LogP) is 4.78. The smallest absolute Gasteiger partial charge is 0.224 e. The van der Waals surface area contributed by atoms with E-state index in [1.54, 1.807) is 6.20 Å². The van der Waals surface area contributed by atoms with Crippen LogP contribution in [0.15, 0.2) is 18.3 Å². The van der Waals surface area contributed by atoms with E-state index in [-0.39, 0.29) is 24.1 Å². The Kier molecular flexibility index (Phi) is 5.62. The van der Waals surface area contributed by atoms with Crippen LogP contribution in [-0.4, -0.2) is 31.6 Å². The van der Waals surface area contributed by atoms with Gasteiger partial charge in [0, 0.05) is 30.3 Å². The quantitative estimate of drug-likeness (QED) is 0.523. The number of benzene rings is 1. The van der Waals surface area contributed by atoms with Gasteiger partial charge in [-0.3, -0.25) is 4.57 Å². The summed E-state index contributed by atoms with van der Waals surface area (Å²) in [6.45, 7) is 0. The van der Waals surface area contributed by atoms with Gasteiger partial charge in [-0.1, -0.05) is 12.8 Å². The first-order chi connectivity index (χ1) is 15.5. The number of hydrogen-bond donors (Lipinski definition) is 3. The number of imidazole rings is 1. The summed E-state index contributed by atoms with van der Waals surface area (Å²) in [7, 11) is 0. The Balaban J connectivity index is 1.51. The average Bonchev–Trinajstić information content (AvgIpc) is 3.39. The molecule has 2 aromatic heterocycles. The van der Waals surface area contributed by atoms with E-state index in [4.69, 9.17) is 10.7 Å². The molecule has 2 saturated carbocycles.